The van der Waals surface area contributed by atoms with Crippen molar-refractivity contribution < 1.29 is 8.39 Å². The quantitative estimate of drug-likeness (QED) is 0.637. The predicted molar refractivity (Wildman–Crippen MR) is 69.3 cm³/mol. The molecule has 0 unspecified atom stereocenters. The summed E-state index contributed by atoms with van der Waals surface area (Å²) in [6.45, 7) is 0. The van der Waals surface area contributed by atoms with Gasteiger partial charge in [0.2, 0.25) is 0 Å². The van der Waals surface area contributed by atoms with Crippen molar-refractivity contribution in [1.29, 1.82) is 0 Å². The summed E-state index contributed by atoms with van der Waals surface area (Å²) in [6.07, 6.45) is 0. The molecule has 1 rings (SSSR count). The lowest BCUT2D eigenvalue weighted by Gasteiger charge is -2.28. The van der Waals surface area contributed by atoms with Gasteiger partial charge in [-0.25, -0.2) is 9.34 Å². The molecule has 0 aromatic carbocycles. The first-order valence-corrected chi connectivity index (χ1v) is 10.6. The molecule has 0 bridgehead atoms. The van der Waals surface area contributed by atoms with E-state index in [1.807, 2.05) is 0 Å². The summed E-state index contributed by atoms with van der Waals surface area (Å²) in [5.74, 6) is -3.32. The van der Waals surface area contributed by atoms with Crippen molar-refractivity contribution in [2.24, 2.45) is 13.5 Å². The molecule has 5 nitrogen and oxygen atoms in total. The standard InChI is InChI=1S/C4H12Cl2F2N5P3/c1-12(2)15(7)9-14(5,6)10-16(8,11-15)13(3)4/h1-4H3/t15-,16-/m0/s1. The van der Waals surface area contributed by atoms with Crippen LogP contribution in [0.25, 0.3) is 0 Å². The summed E-state index contributed by atoms with van der Waals surface area (Å²) in [7, 11) is -1.98. The van der Waals surface area contributed by atoms with E-state index in [9.17, 15) is 8.39 Å². The largest absolute Gasteiger partial charge is 0.322 e. The van der Waals surface area contributed by atoms with Crippen molar-refractivity contribution in [2.45, 2.75) is 0 Å². The van der Waals surface area contributed by atoms with E-state index in [4.69, 9.17) is 22.5 Å². The number of nitrogens with zero attached hydrogens (tertiary/aromatic N) is 5. The minimum atomic E-state index is -3.82. The molecule has 0 fully saturated rings. The topological polar surface area (TPSA) is 43.6 Å². The summed E-state index contributed by atoms with van der Waals surface area (Å²) < 4.78 is 41.5. The van der Waals surface area contributed by atoms with Gasteiger partial charge in [0.05, 0.1) is 0 Å². The Labute approximate surface area is 103 Å². The van der Waals surface area contributed by atoms with Gasteiger partial charge in [0.25, 0.3) is 5.91 Å². The number of halogens is 4. The van der Waals surface area contributed by atoms with Crippen molar-refractivity contribution in [3.63, 3.8) is 0 Å². The van der Waals surface area contributed by atoms with Gasteiger partial charge in [0, 0.05) is 0 Å². The Morgan fingerprint density at radius 3 is 1.56 bits per heavy atom. The molecule has 2 atom stereocenters. The lowest BCUT2D eigenvalue weighted by Crippen LogP contribution is -2.08. The molecular formula is C4H12Cl2F2N5P3. The molecular weight excluding hydrogens is 320 g/mol. The van der Waals surface area contributed by atoms with Gasteiger partial charge < -0.3 is 0 Å². The second-order valence-corrected chi connectivity index (χ2v) is 13.4. The Bertz CT molecular complexity index is 441. The Morgan fingerprint density at radius 2 is 1.19 bits per heavy atom. The van der Waals surface area contributed by atoms with Crippen LogP contribution in [-0.2, 0) is 0 Å². The van der Waals surface area contributed by atoms with E-state index in [2.05, 4.69) is 13.5 Å². The average molecular weight is 332 g/mol. The Kier molecular flexibility index (Phi) is 4.36. The monoisotopic (exact) mass is 331 g/mol. The molecule has 0 saturated heterocycles. The zero-order valence-corrected chi connectivity index (χ0v) is 13.3. The van der Waals surface area contributed by atoms with E-state index in [0.717, 1.165) is 9.34 Å². The van der Waals surface area contributed by atoms with Crippen molar-refractivity contribution in [3.05, 3.63) is 0 Å². The van der Waals surface area contributed by atoms with Gasteiger partial charge in [0.1, 0.15) is 0 Å². The molecule has 0 N–H and O–H groups in total. The molecule has 0 aliphatic carbocycles. The van der Waals surface area contributed by atoms with E-state index in [1.165, 1.54) is 28.2 Å². The molecule has 1 aliphatic rings. The maximum atomic E-state index is 14.3. The van der Waals surface area contributed by atoms with Crippen molar-refractivity contribution >= 4 is 43.7 Å². The Hall–Kier alpha value is 1.05. The van der Waals surface area contributed by atoms with Crippen LogP contribution in [0, 0.1) is 0 Å². The maximum Gasteiger partial charge on any atom is 0.322 e. The molecule has 12 heteroatoms. The molecule has 96 valence electrons. The molecule has 0 spiro atoms. The summed E-state index contributed by atoms with van der Waals surface area (Å²) >= 11 is 11.5. The van der Waals surface area contributed by atoms with Crippen LogP contribution in [0.15, 0.2) is 13.5 Å². The van der Waals surface area contributed by atoms with Gasteiger partial charge in [-0.05, 0) is 50.7 Å². The average Bonchev–Trinajstić information content (AvgIpc) is 1.98. The first kappa shape index (κ1) is 15.1. The van der Waals surface area contributed by atoms with Crippen LogP contribution in [0.1, 0.15) is 0 Å². The van der Waals surface area contributed by atoms with Crippen LogP contribution in [0.4, 0.5) is 8.39 Å². The van der Waals surface area contributed by atoms with Crippen LogP contribution >= 0.6 is 43.7 Å². The van der Waals surface area contributed by atoms with Crippen LogP contribution in [0.3, 0.4) is 0 Å². The molecule has 16 heavy (non-hydrogen) atoms. The molecule has 0 amide bonds. The fourth-order valence-corrected chi connectivity index (χ4v) is 11.2. The minimum absolute atomic E-state index is 1.11. The van der Waals surface area contributed by atoms with Crippen molar-refractivity contribution in [2.75, 3.05) is 28.2 Å². The summed E-state index contributed by atoms with van der Waals surface area (Å²) in [6, 6.07) is 0. The van der Waals surface area contributed by atoms with Gasteiger partial charge >= 0.3 is 15.3 Å². The van der Waals surface area contributed by atoms with Gasteiger partial charge in [-0.3, -0.25) is 0 Å². The molecule has 0 aromatic rings. The smallest absolute Gasteiger partial charge is 0.232 e. The predicted octanol–water partition coefficient (Wildman–Crippen LogP) is 5.38. The highest BCUT2D eigenvalue weighted by atomic mass is 35.9. The highest BCUT2D eigenvalue weighted by molar-refractivity contribution is 8.13. The number of rotatable bonds is 2. The zero-order chi connectivity index (χ0) is 12.8. The maximum absolute atomic E-state index is 14.3. The van der Waals surface area contributed by atoms with E-state index < -0.39 is 21.2 Å². The number of hydrogen-bond acceptors (Lipinski definition) is 5. The fraction of sp³-hybridized carbons (Fsp3) is 1.00. The molecule has 0 saturated carbocycles. The van der Waals surface area contributed by atoms with Gasteiger partial charge in [-0.2, -0.15) is 21.9 Å². The Morgan fingerprint density at radius 1 is 0.812 bits per heavy atom. The van der Waals surface area contributed by atoms with Gasteiger partial charge in [-0.1, -0.05) is 0 Å². The van der Waals surface area contributed by atoms with Gasteiger partial charge in [-0.15, -0.1) is 0 Å². The normalized spacial score (nSPS) is 37.9. The lowest BCUT2D eigenvalue weighted by molar-refractivity contribution is 0.594. The third-order valence-electron chi connectivity index (χ3n) is 1.69. The SMILES string of the molecule is CN(C)[P@@]1(F)=NP(Cl)(Cl)=N[P@](F)(N(C)C)=N1. The molecule has 1 aliphatic heterocycles. The van der Waals surface area contributed by atoms with Crippen LogP contribution in [-0.4, -0.2) is 37.5 Å². The zero-order valence-electron chi connectivity index (χ0n) is 9.09. The first-order chi connectivity index (χ1) is 7.01. The minimum Gasteiger partial charge on any atom is -0.232 e. The molecule has 0 aromatic heterocycles. The second kappa shape index (κ2) is 4.62. The van der Waals surface area contributed by atoms with Crippen LogP contribution in [0.5, 0.6) is 0 Å². The highest BCUT2D eigenvalue weighted by Gasteiger charge is 2.38. The third-order valence-corrected chi connectivity index (χ3v) is 11.5. The third kappa shape index (κ3) is 3.08. The van der Waals surface area contributed by atoms with E-state index in [0.29, 0.717) is 0 Å². The number of hydrogen-bond donors (Lipinski definition) is 0. The van der Waals surface area contributed by atoms with Gasteiger partial charge in [0.15, 0.2) is 0 Å². The molecule has 0 radical (unpaired) electrons. The Balaban J connectivity index is 3.56. The van der Waals surface area contributed by atoms with Crippen molar-refractivity contribution in [1.82, 2.24) is 9.34 Å². The fourth-order valence-electron chi connectivity index (χ4n) is 0.792. The lowest BCUT2D eigenvalue weighted by atomic mass is 11.3. The van der Waals surface area contributed by atoms with Crippen molar-refractivity contribution in [3.8, 4) is 0 Å². The summed E-state index contributed by atoms with van der Waals surface area (Å²) in [5, 5.41) is 0. The van der Waals surface area contributed by atoms with E-state index >= 15 is 0 Å². The van der Waals surface area contributed by atoms with Crippen LogP contribution in [0.2, 0.25) is 0 Å². The van der Waals surface area contributed by atoms with Crippen LogP contribution < -0.4 is 0 Å². The summed E-state index contributed by atoms with van der Waals surface area (Å²) in [4.78, 5) is 0. The van der Waals surface area contributed by atoms with E-state index in [1.54, 1.807) is 0 Å². The molecule has 1 heterocycles. The first-order valence-electron chi connectivity index (χ1n) is 4.06. The highest BCUT2D eigenvalue weighted by Crippen LogP contribution is 2.83. The summed E-state index contributed by atoms with van der Waals surface area (Å²) in [5.41, 5.74) is 0. The second-order valence-electron chi connectivity index (χ2n) is 3.41. The van der Waals surface area contributed by atoms with E-state index in [-0.39, 0.29) is 0 Å².